The molecule has 0 saturated carbocycles. The third-order valence-electron chi connectivity index (χ3n) is 5.46. The number of amides is 1. The number of carbonyl (C=O) groups is 1. The Morgan fingerprint density at radius 2 is 1.93 bits per heavy atom. The van der Waals surface area contributed by atoms with Gasteiger partial charge < -0.3 is 15.0 Å². The number of carbonyl (C=O) groups excluding carboxylic acids is 1. The van der Waals surface area contributed by atoms with Crippen LogP contribution in [0, 0.1) is 5.92 Å². The lowest BCUT2D eigenvalue weighted by Crippen LogP contribution is -2.41. The van der Waals surface area contributed by atoms with Crippen molar-refractivity contribution in [2.24, 2.45) is 5.92 Å². The van der Waals surface area contributed by atoms with Crippen LogP contribution in [0.3, 0.4) is 0 Å². The number of nitrogens with one attached hydrogen (secondary N) is 1. The van der Waals surface area contributed by atoms with Gasteiger partial charge in [-0.1, -0.05) is 30.1 Å². The molecule has 1 amide bonds. The van der Waals surface area contributed by atoms with Gasteiger partial charge in [-0.15, -0.1) is 0 Å². The predicted octanol–water partition coefficient (Wildman–Crippen LogP) is 2.48. The Morgan fingerprint density at radius 1 is 1.21 bits per heavy atom. The Balaban J connectivity index is 1.75. The van der Waals surface area contributed by atoms with Crippen LogP contribution in [0.1, 0.15) is 30.1 Å². The molecule has 3 rings (SSSR count). The Bertz CT molecular complexity index is 844. The van der Waals surface area contributed by atoms with E-state index in [-0.39, 0.29) is 33.6 Å². The molecular formula is C19H27Cl2N3O4S. The molecule has 0 unspecified atom stereocenters. The first kappa shape index (κ1) is 22.8. The number of halogens is 2. The second-order valence-electron chi connectivity index (χ2n) is 7.39. The van der Waals surface area contributed by atoms with Crippen LogP contribution in [0.4, 0.5) is 0 Å². The zero-order chi connectivity index (χ0) is 21.0. The van der Waals surface area contributed by atoms with Gasteiger partial charge in [0.05, 0.1) is 28.8 Å². The van der Waals surface area contributed by atoms with Gasteiger partial charge in [-0.05, 0) is 44.0 Å². The van der Waals surface area contributed by atoms with Gasteiger partial charge in [-0.25, -0.2) is 8.42 Å². The van der Waals surface area contributed by atoms with E-state index in [1.807, 2.05) is 0 Å². The highest BCUT2D eigenvalue weighted by Crippen LogP contribution is 2.31. The molecule has 0 spiro atoms. The van der Waals surface area contributed by atoms with Gasteiger partial charge >= 0.3 is 0 Å². The summed E-state index contributed by atoms with van der Waals surface area (Å²) in [6.45, 7) is 6.84. The highest BCUT2D eigenvalue weighted by molar-refractivity contribution is 7.89. The van der Waals surface area contributed by atoms with Crippen LogP contribution >= 0.6 is 23.2 Å². The van der Waals surface area contributed by atoms with Crippen LogP contribution in [0.2, 0.25) is 10.0 Å². The summed E-state index contributed by atoms with van der Waals surface area (Å²) in [6.07, 6.45) is 2.17. The van der Waals surface area contributed by atoms with Crippen LogP contribution in [-0.4, -0.2) is 76.0 Å². The fourth-order valence-electron chi connectivity index (χ4n) is 3.76. The van der Waals surface area contributed by atoms with Crippen molar-refractivity contribution in [2.45, 2.75) is 24.7 Å². The van der Waals surface area contributed by atoms with E-state index in [1.165, 1.54) is 16.4 Å². The van der Waals surface area contributed by atoms with Crippen LogP contribution in [-0.2, 0) is 14.8 Å². The molecule has 7 nitrogen and oxygen atoms in total. The standard InChI is InChI=1S/C19H27Cl2N3O4S/c1-2-23-5-3-4-14(13-23)12-22-19(25)15-10-18(17(21)11-16(15)20)29(26,27)24-6-8-28-9-7-24/h10-11,14H,2-9,12-13H2,1H3,(H,22,25)/t14-/m1/s1. The molecule has 0 aromatic heterocycles. The molecule has 2 aliphatic rings. The van der Waals surface area contributed by atoms with E-state index in [2.05, 4.69) is 17.1 Å². The lowest BCUT2D eigenvalue weighted by atomic mass is 9.98. The van der Waals surface area contributed by atoms with E-state index in [1.54, 1.807) is 0 Å². The molecule has 2 aliphatic heterocycles. The molecule has 1 aromatic rings. The summed E-state index contributed by atoms with van der Waals surface area (Å²) in [5, 5.41) is 3.05. The molecule has 1 atom stereocenters. The maximum atomic E-state index is 13.0. The summed E-state index contributed by atoms with van der Waals surface area (Å²) in [5.41, 5.74) is 0.117. The molecule has 0 radical (unpaired) electrons. The van der Waals surface area contributed by atoms with Gasteiger partial charge in [-0.3, -0.25) is 4.79 Å². The molecule has 1 N–H and O–H groups in total. The topological polar surface area (TPSA) is 79.0 Å². The van der Waals surface area contributed by atoms with Crippen molar-refractivity contribution in [2.75, 3.05) is 52.5 Å². The van der Waals surface area contributed by atoms with Crippen molar-refractivity contribution in [1.82, 2.24) is 14.5 Å². The third kappa shape index (κ3) is 5.42. The number of sulfonamides is 1. The number of benzene rings is 1. The third-order valence-corrected chi connectivity index (χ3v) is 8.13. The molecule has 162 valence electrons. The summed E-state index contributed by atoms with van der Waals surface area (Å²) in [6, 6.07) is 2.61. The maximum absolute atomic E-state index is 13.0. The Labute approximate surface area is 182 Å². The highest BCUT2D eigenvalue weighted by Gasteiger charge is 2.30. The van der Waals surface area contributed by atoms with Crippen LogP contribution in [0.15, 0.2) is 17.0 Å². The fraction of sp³-hybridized carbons (Fsp3) is 0.632. The SMILES string of the molecule is CCN1CCC[C@H](CNC(=O)c2cc(S(=O)(=O)N3CCOCC3)c(Cl)cc2Cl)C1. The number of ether oxygens (including phenoxy) is 1. The van der Waals surface area contributed by atoms with Gasteiger partial charge in [0, 0.05) is 26.2 Å². The molecule has 29 heavy (non-hydrogen) atoms. The number of morpholine rings is 1. The maximum Gasteiger partial charge on any atom is 0.252 e. The van der Waals surface area contributed by atoms with Crippen molar-refractivity contribution < 1.29 is 17.9 Å². The monoisotopic (exact) mass is 463 g/mol. The van der Waals surface area contributed by atoms with E-state index in [9.17, 15) is 13.2 Å². The van der Waals surface area contributed by atoms with Crippen molar-refractivity contribution in [3.63, 3.8) is 0 Å². The first-order chi connectivity index (χ1) is 13.8. The van der Waals surface area contributed by atoms with Crippen LogP contribution in [0.25, 0.3) is 0 Å². The van der Waals surface area contributed by atoms with E-state index in [0.29, 0.717) is 25.7 Å². The summed E-state index contributed by atoms with van der Waals surface area (Å²) in [5.74, 6) is -0.0194. The number of likely N-dealkylation sites (tertiary alicyclic amines) is 1. The molecule has 1 aromatic carbocycles. The molecule has 10 heteroatoms. The van der Waals surface area contributed by atoms with Crippen molar-refractivity contribution in [3.05, 3.63) is 27.7 Å². The van der Waals surface area contributed by atoms with E-state index in [4.69, 9.17) is 27.9 Å². The first-order valence-corrected chi connectivity index (χ1v) is 12.1. The van der Waals surface area contributed by atoms with E-state index >= 15 is 0 Å². The smallest absolute Gasteiger partial charge is 0.252 e. The zero-order valence-corrected chi connectivity index (χ0v) is 18.8. The number of nitrogens with zero attached hydrogens (tertiary/aromatic N) is 2. The number of piperidine rings is 1. The average molecular weight is 464 g/mol. The fourth-order valence-corrected chi connectivity index (χ4v) is 6.01. The number of hydrogen-bond acceptors (Lipinski definition) is 5. The van der Waals surface area contributed by atoms with Gasteiger partial charge in [0.25, 0.3) is 5.91 Å². The summed E-state index contributed by atoms with van der Waals surface area (Å²) < 4.78 is 32.5. The Morgan fingerprint density at radius 3 is 2.62 bits per heavy atom. The largest absolute Gasteiger partial charge is 0.379 e. The lowest BCUT2D eigenvalue weighted by molar-refractivity contribution is 0.0730. The number of rotatable bonds is 6. The summed E-state index contributed by atoms with van der Waals surface area (Å²) >= 11 is 12.4. The molecule has 2 saturated heterocycles. The molecule has 0 aliphatic carbocycles. The van der Waals surface area contributed by atoms with Gasteiger partial charge in [0.2, 0.25) is 10.0 Å². The zero-order valence-electron chi connectivity index (χ0n) is 16.5. The Hall–Kier alpha value is -0.900. The molecular weight excluding hydrogens is 437 g/mol. The summed E-state index contributed by atoms with van der Waals surface area (Å²) in [4.78, 5) is 15.0. The minimum absolute atomic E-state index is 0.00362. The van der Waals surface area contributed by atoms with Crippen molar-refractivity contribution >= 4 is 39.1 Å². The van der Waals surface area contributed by atoms with E-state index < -0.39 is 15.9 Å². The molecule has 2 fully saturated rings. The lowest BCUT2D eigenvalue weighted by Gasteiger charge is -2.31. The molecule has 2 heterocycles. The molecule has 0 bridgehead atoms. The predicted molar refractivity (Wildman–Crippen MR) is 113 cm³/mol. The van der Waals surface area contributed by atoms with Gasteiger partial charge in [0.15, 0.2) is 0 Å². The second-order valence-corrected chi connectivity index (χ2v) is 10.1. The van der Waals surface area contributed by atoms with Gasteiger partial charge in [-0.2, -0.15) is 4.31 Å². The Kier molecular flexibility index (Phi) is 7.81. The van der Waals surface area contributed by atoms with Crippen molar-refractivity contribution in [3.8, 4) is 0 Å². The average Bonchev–Trinajstić information content (AvgIpc) is 2.72. The first-order valence-electron chi connectivity index (χ1n) is 9.90. The van der Waals surface area contributed by atoms with Crippen molar-refractivity contribution in [1.29, 1.82) is 0 Å². The summed E-state index contributed by atoms with van der Waals surface area (Å²) in [7, 11) is -3.84. The quantitative estimate of drug-likeness (QED) is 0.700. The normalized spacial score (nSPS) is 21.8. The van der Waals surface area contributed by atoms with Gasteiger partial charge in [0.1, 0.15) is 4.90 Å². The minimum atomic E-state index is -3.84. The number of hydrogen-bond donors (Lipinski definition) is 1. The minimum Gasteiger partial charge on any atom is -0.379 e. The van der Waals surface area contributed by atoms with Crippen LogP contribution in [0.5, 0.6) is 0 Å². The second kappa shape index (κ2) is 9.94. The van der Waals surface area contributed by atoms with E-state index in [0.717, 1.165) is 32.5 Å². The highest BCUT2D eigenvalue weighted by atomic mass is 35.5. The van der Waals surface area contributed by atoms with Crippen LogP contribution < -0.4 is 5.32 Å².